The molecule has 1 heterocycles. The van der Waals surface area contributed by atoms with Crippen LogP contribution in [0.3, 0.4) is 0 Å². The zero-order chi connectivity index (χ0) is 12.9. The van der Waals surface area contributed by atoms with Crippen molar-refractivity contribution in [2.75, 3.05) is 0 Å². The predicted molar refractivity (Wildman–Crippen MR) is 77.4 cm³/mol. The molecule has 0 spiro atoms. The number of benzene rings is 2. The van der Waals surface area contributed by atoms with E-state index >= 15 is 0 Å². The van der Waals surface area contributed by atoms with Crippen LogP contribution < -0.4 is 0 Å². The van der Waals surface area contributed by atoms with E-state index in [9.17, 15) is 0 Å². The van der Waals surface area contributed by atoms with Crippen LogP contribution in [0.5, 0.6) is 0 Å². The van der Waals surface area contributed by atoms with E-state index in [0.717, 1.165) is 16.0 Å². The summed E-state index contributed by atoms with van der Waals surface area (Å²) in [6, 6.07) is 10.2. The summed E-state index contributed by atoms with van der Waals surface area (Å²) in [6.45, 7) is 6.62. The Labute approximate surface area is 111 Å². The lowest BCUT2D eigenvalue weighted by molar-refractivity contribution is 0.563. The fourth-order valence-corrected chi connectivity index (χ4v) is 2.73. The van der Waals surface area contributed by atoms with Crippen LogP contribution >= 0.6 is 11.6 Å². The minimum Gasteiger partial charge on any atom is -0.464 e. The zero-order valence-electron chi connectivity index (χ0n) is 10.8. The van der Waals surface area contributed by atoms with Gasteiger partial charge in [-0.25, -0.2) is 0 Å². The Morgan fingerprint density at radius 3 is 2.50 bits per heavy atom. The molecule has 2 aromatic carbocycles. The molecule has 0 fully saturated rings. The molecule has 0 bridgehead atoms. The summed E-state index contributed by atoms with van der Waals surface area (Å²) in [5.41, 5.74) is 2.26. The average molecular weight is 259 g/mol. The third kappa shape index (κ3) is 1.70. The van der Waals surface area contributed by atoms with Crippen molar-refractivity contribution in [2.24, 2.45) is 0 Å². The maximum atomic E-state index is 6.09. The van der Waals surface area contributed by atoms with Gasteiger partial charge in [0, 0.05) is 16.0 Å². The van der Waals surface area contributed by atoms with E-state index in [-0.39, 0.29) is 5.41 Å². The van der Waals surface area contributed by atoms with Crippen LogP contribution in [0.1, 0.15) is 26.3 Å². The van der Waals surface area contributed by atoms with E-state index in [0.29, 0.717) is 0 Å². The third-order valence-electron chi connectivity index (χ3n) is 3.27. The molecule has 0 N–H and O–H groups in total. The van der Waals surface area contributed by atoms with Gasteiger partial charge >= 0.3 is 0 Å². The Morgan fingerprint density at radius 2 is 1.78 bits per heavy atom. The Kier molecular flexibility index (Phi) is 2.43. The first-order chi connectivity index (χ1) is 8.47. The van der Waals surface area contributed by atoms with Crippen molar-refractivity contribution >= 4 is 33.3 Å². The summed E-state index contributed by atoms with van der Waals surface area (Å²) in [7, 11) is 0. The quantitative estimate of drug-likeness (QED) is 0.516. The lowest BCUT2D eigenvalue weighted by atomic mass is 9.82. The van der Waals surface area contributed by atoms with Crippen LogP contribution in [0.15, 0.2) is 41.0 Å². The van der Waals surface area contributed by atoms with Crippen LogP contribution in [0.2, 0.25) is 5.02 Å². The van der Waals surface area contributed by atoms with E-state index < -0.39 is 0 Å². The Morgan fingerprint density at radius 1 is 1.00 bits per heavy atom. The molecule has 0 radical (unpaired) electrons. The Hall–Kier alpha value is -1.47. The fraction of sp³-hybridized carbons (Fsp3) is 0.250. The van der Waals surface area contributed by atoms with Gasteiger partial charge < -0.3 is 4.42 Å². The van der Waals surface area contributed by atoms with E-state index in [2.05, 4.69) is 32.9 Å². The molecule has 0 aliphatic heterocycles. The van der Waals surface area contributed by atoms with Crippen molar-refractivity contribution in [2.45, 2.75) is 26.2 Å². The lowest BCUT2D eigenvalue weighted by Crippen LogP contribution is -2.12. The van der Waals surface area contributed by atoms with Gasteiger partial charge in [0.25, 0.3) is 0 Å². The smallest absolute Gasteiger partial charge is 0.138 e. The summed E-state index contributed by atoms with van der Waals surface area (Å²) >= 11 is 6.09. The molecule has 0 aliphatic carbocycles. The molecule has 0 aliphatic rings. The Bertz CT molecular complexity index is 732. The molecule has 0 saturated heterocycles. The molecule has 92 valence electrons. The lowest BCUT2D eigenvalue weighted by Gasteiger charge is -2.21. The van der Waals surface area contributed by atoms with Crippen molar-refractivity contribution in [1.82, 2.24) is 0 Å². The minimum atomic E-state index is 0.0312. The van der Waals surface area contributed by atoms with Gasteiger partial charge in [-0.1, -0.05) is 38.4 Å². The van der Waals surface area contributed by atoms with E-state index in [4.69, 9.17) is 16.0 Å². The van der Waals surface area contributed by atoms with Crippen molar-refractivity contribution in [3.63, 3.8) is 0 Å². The maximum absolute atomic E-state index is 6.09. The summed E-state index contributed by atoms with van der Waals surface area (Å²) in [5.74, 6) is 0. The summed E-state index contributed by atoms with van der Waals surface area (Å²) in [5, 5.41) is 4.29. The molecule has 2 heteroatoms. The van der Waals surface area contributed by atoms with E-state index in [1.807, 2.05) is 18.2 Å². The second kappa shape index (κ2) is 3.76. The molecule has 18 heavy (non-hydrogen) atoms. The monoisotopic (exact) mass is 258 g/mol. The summed E-state index contributed by atoms with van der Waals surface area (Å²) < 4.78 is 5.68. The normalized spacial score (nSPS) is 12.4. The van der Waals surface area contributed by atoms with Gasteiger partial charge in [0.1, 0.15) is 5.58 Å². The standard InChI is InChI=1S/C16H15ClO/c1-16(2,3)14-13-5-4-12(17)9-11(13)8-10-6-7-18-15(10)14/h4-9H,1-3H3. The van der Waals surface area contributed by atoms with E-state index in [1.54, 1.807) is 6.26 Å². The maximum Gasteiger partial charge on any atom is 0.138 e. The number of furan rings is 1. The van der Waals surface area contributed by atoms with Gasteiger partial charge in [0.2, 0.25) is 0 Å². The van der Waals surface area contributed by atoms with Gasteiger partial charge in [-0.15, -0.1) is 0 Å². The van der Waals surface area contributed by atoms with Crippen LogP contribution in [0.4, 0.5) is 0 Å². The predicted octanol–water partition coefficient (Wildman–Crippen LogP) is 5.54. The van der Waals surface area contributed by atoms with Crippen molar-refractivity contribution in [3.05, 3.63) is 47.2 Å². The topological polar surface area (TPSA) is 13.1 Å². The Balaban J connectivity index is 2.55. The highest BCUT2D eigenvalue weighted by molar-refractivity contribution is 6.31. The highest BCUT2D eigenvalue weighted by Gasteiger charge is 2.22. The SMILES string of the molecule is CC(C)(C)c1c2ccc(Cl)cc2cc2ccoc12. The summed E-state index contributed by atoms with van der Waals surface area (Å²) in [6.07, 6.45) is 1.75. The zero-order valence-corrected chi connectivity index (χ0v) is 11.5. The molecule has 0 atom stereocenters. The second-order valence-corrected chi connectivity index (χ2v) is 6.14. The molecule has 0 saturated carbocycles. The third-order valence-corrected chi connectivity index (χ3v) is 3.50. The molecule has 3 aromatic rings. The first kappa shape index (κ1) is 11.6. The largest absolute Gasteiger partial charge is 0.464 e. The highest BCUT2D eigenvalue weighted by Crippen LogP contribution is 2.37. The number of hydrogen-bond donors (Lipinski definition) is 0. The molecule has 0 amide bonds. The molecule has 1 nitrogen and oxygen atoms in total. The average Bonchev–Trinajstić information content (AvgIpc) is 2.71. The second-order valence-electron chi connectivity index (χ2n) is 5.71. The van der Waals surface area contributed by atoms with Crippen LogP contribution in [-0.4, -0.2) is 0 Å². The van der Waals surface area contributed by atoms with Gasteiger partial charge in [-0.3, -0.25) is 0 Å². The van der Waals surface area contributed by atoms with Crippen molar-refractivity contribution < 1.29 is 4.42 Å². The summed E-state index contributed by atoms with van der Waals surface area (Å²) in [4.78, 5) is 0. The number of hydrogen-bond acceptors (Lipinski definition) is 1. The molecule has 3 rings (SSSR count). The first-order valence-corrected chi connectivity index (χ1v) is 6.44. The number of halogens is 1. The fourth-order valence-electron chi connectivity index (χ4n) is 2.55. The van der Waals surface area contributed by atoms with Crippen molar-refractivity contribution in [1.29, 1.82) is 0 Å². The van der Waals surface area contributed by atoms with Gasteiger partial charge in [0.15, 0.2) is 0 Å². The number of rotatable bonds is 0. The van der Waals surface area contributed by atoms with Crippen LogP contribution in [0.25, 0.3) is 21.7 Å². The van der Waals surface area contributed by atoms with Crippen LogP contribution in [0, 0.1) is 0 Å². The van der Waals surface area contributed by atoms with Gasteiger partial charge in [-0.2, -0.15) is 0 Å². The highest BCUT2D eigenvalue weighted by atomic mass is 35.5. The van der Waals surface area contributed by atoms with Gasteiger partial charge in [0.05, 0.1) is 6.26 Å². The molecular weight excluding hydrogens is 244 g/mol. The molecule has 0 unspecified atom stereocenters. The van der Waals surface area contributed by atoms with E-state index in [1.165, 1.54) is 16.3 Å². The van der Waals surface area contributed by atoms with Gasteiger partial charge in [-0.05, 0) is 40.5 Å². The number of fused-ring (bicyclic) bond motifs is 2. The van der Waals surface area contributed by atoms with Crippen LogP contribution in [-0.2, 0) is 5.41 Å². The minimum absolute atomic E-state index is 0.0312. The molecular formula is C16H15ClO. The molecule has 1 aromatic heterocycles. The van der Waals surface area contributed by atoms with Crippen molar-refractivity contribution in [3.8, 4) is 0 Å². The first-order valence-electron chi connectivity index (χ1n) is 6.07.